The SMILES string of the molecule is C[C@H](O)CNc1c(Cl)cccc1Cl. The average Bonchev–Trinajstić information content (AvgIpc) is 2.03. The molecule has 0 unspecified atom stereocenters. The summed E-state index contributed by atoms with van der Waals surface area (Å²) in [7, 11) is 0. The van der Waals surface area contributed by atoms with Gasteiger partial charge in [0.05, 0.1) is 21.8 Å². The fourth-order valence-corrected chi connectivity index (χ4v) is 1.45. The number of anilines is 1. The van der Waals surface area contributed by atoms with Crippen molar-refractivity contribution < 1.29 is 5.11 Å². The molecule has 0 radical (unpaired) electrons. The van der Waals surface area contributed by atoms with Crippen LogP contribution in [0.4, 0.5) is 5.69 Å². The molecule has 0 aliphatic rings. The van der Waals surface area contributed by atoms with E-state index in [0.29, 0.717) is 22.3 Å². The summed E-state index contributed by atoms with van der Waals surface area (Å²) in [6, 6.07) is 5.27. The topological polar surface area (TPSA) is 32.3 Å². The molecule has 2 nitrogen and oxygen atoms in total. The van der Waals surface area contributed by atoms with Crippen LogP contribution in [0.5, 0.6) is 0 Å². The van der Waals surface area contributed by atoms with Crippen LogP contribution in [0.15, 0.2) is 18.2 Å². The fourth-order valence-electron chi connectivity index (χ4n) is 0.916. The van der Waals surface area contributed by atoms with Crippen molar-refractivity contribution in [2.24, 2.45) is 0 Å². The Bertz CT molecular complexity index is 269. The van der Waals surface area contributed by atoms with Gasteiger partial charge in [-0.05, 0) is 19.1 Å². The molecule has 0 fully saturated rings. The second kappa shape index (κ2) is 4.70. The van der Waals surface area contributed by atoms with Gasteiger partial charge in [-0.1, -0.05) is 29.3 Å². The minimum atomic E-state index is -0.424. The molecule has 0 heterocycles. The van der Waals surface area contributed by atoms with E-state index < -0.39 is 6.10 Å². The number of benzene rings is 1. The number of para-hydroxylation sites is 1. The van der Waals surface area contributed by atoms with Gasteiger partial charge >= 0.3 is 0 Å². The summed E-state index contributed by atoms with van der Waals surface area (Å²) >= 11 is 11.8. The molecular formula is C9H11Cl2NO. The molecule has 2 N–H and O–H groups in total. The molecule has 0 saturated heterocycles. The minimum absolute atomic E-state index is 0.424. The molecule has 0 aliphatic carbocycles. The maximum atomic E-state index is 9.05. The average molecular weight is 220 g/mol. The molecule has 4 heteroatoms. The monoisotopic (exact) mass is 219 g/mol. The first-order chi connectivity index (χ1) is 6.11. The number of hydrogen-bond donors (Lipinski definition) is 2. The van der Waals surface area contributed by atoms with Gasteiger partial charge in [0.15, 0.2) is 0 Å². The van der Waals surface area contributed by atoms with Crippen LogP contribution in [0, 0.1) is 0 Å². The quantitative estimate of drug-likeness (QED) is 0.820. The lowest BCUT2D eigenvalue weighted by Crippen LogP contribution is -2.15. The van der Waals surface area contributed by atoms with Crippen molar-refractivity contribution in [3.8, 4) is 0 Å². The first kappa shape index (κ1) is 10.6. The Morgan fingerprint density at radius 1 is 1.38 bits per heavy atom. The third-order valence-corrected chi connectivity index (χ3v) is 2.17. The highest BCUT2D eigenvalue weighted by atomic mass is 35.5. The number of hydrogen-bond acceptors (Lipinski definition) is 2. The summed E-state index contributed by atoms with van der Waals surface area (Å²) in [5.74, 6) is 0. The molecule has 1 aromatic rings. The lowest BCUT2D eigenvalue weighted by Gasteiger charge is -2.11. The number of rotatable bonds is 3. The molecule has 0 aliphatic heterocycles. The van der Waals surface area contributed by atoms with E-state index in [1.807, 2.05) is 0 Å². The molecule has 72 valence electrons. The number of aliphatic hydroxyl groups is 1. The van der Waals surface area contributed by atoms with E-state index in [1.54, 1.807) is 25.1 Å². The standard InChI is InChI=1S/C9H11Cl2NO/c1-6(13)5-12-9-7(10)3-2-4-8(9)11/h2-4,6,12-13H,5H2,1H3/t6-/m0/s1. The van der Waals surface area contributed by atoms with Gasteiger partial charge in [0.2, 0.25) is 0 Å². The molecule has 0 saturated carbocycles. The summed E-state index contributed by atoms with van der Waals surface area (Å²) in [6.45, 7) is 2.13. The van der Waals surface area contributed by atoms with E-state index in [1.165, 1.54) is 0 Å². The van der Waals surface area contributed by atoms with Gasteiger partial charge in [0.25, 0.3) is 0 Å². The van der Waals surface area contributed by atoms with Crippen molar-refractivity contribution in [2.75, 3.05) is 11.9 Å². The van der Waals surface area contributed by atoms with E-state index in [-0.39, 0.29) is 0 Å². The van der Waals surface area contributed by atoms with E-state index in [0.717, 1.165) is 0 Å². The van der Waals surface area contributed by atoms with Crippen LogP contribution in [0.3, 0.4) is 0 Å². The molecule has 1 atom stereocenters. The van der Waals surface area contributed by atoms with Crippen LogP contribution in [0.2, 0.25) is 10.0 Å². The van der Waals surface area contributed by atoms with E-state index in [4.69, 9.17) is 28.3 Å². The van der Waals surface area contributed by atoms with Crippen molar-refractivity contribution in [1.82, 2.24) is 0 Å². The highest BCUT2D eigenvalue weighted by molar-refractivity contribution is 6.39. The van der Waals surface area contributed by atoms with E-state index in [2.05, 4.69) is 5.32 Å². The molecule has 1 aromatic carbocycles. The number of nitrogens with one attached hydrogen (secondary N) is 1. The molecule has 0 spiro atoms. The predicted molar refractivity (Wildman–Crippen MR) is 56.6 cm³/mol. The molecule has 0 aromatic heterocycles. The van der Waals surface area contributed by atoms with Gasteiger partial charge < -0.3 is 10.4 Å². The van der Waals surface area contributed by atoms with E-state index >= 15 is 0 Å². The van der Waals surface area contributed by atoms with Crippen LogP contribution in [-0.4, -0.2) is 17.8 Å². The number of aliphatic hydroxyl groups excluding tert-OH is 1. The van der Waals surface area contributed by atoms with Crippen molar-refractivity contribution in [2.45, 2.75) is 13.0 Å². The molecule has 13 heavy (non-hydrogen) atoms. The predicted octanol–water partition coefficient (Wildman–Crippen LogP) is 2.79. The van der Waals surface area contributed by atoms with Gasteiger partial charge in [0.1, 0.15) is 0 Å². The van der Waals surface area contributed by atoms with E-state index in [9.17, 15) is 0 Å². The van der Waals surface area contributed by atoms with Crippen molar-refractivity contribution in [3.05, 3.63) is 28.2 Å². The largest absolute Gasteiger partial charge is 0.392 e. The third-order valence-electron chi connectivity index (χ3n) is 1.54. The second-order valence-electron chi connectivity index (χ2n) is 2.83. The van der Waals surface area contributed by atoms with Crippen LogP contribution < -0.4 is 5.32 Å². The number of halogens is 2. The fraction of sp³-hybridized carbons (Fsp3) is 0.333. The molecule has 0 bridgehead atoms. The Morgan fingerprint density at radius 2 is 1.92 bits per heavy atom. The maximum absolute atomic E-state index is 9.05. The zero-order valence-electron chi connectivity index (χ0n) is 7.22. The van der Waals surface area contributed by atoms with Gasteiger partial charge in [-0.3, -0.25) is 0 Å². The first-order valence-corrected chi connectivity index (χ1v) is 4.73. The smallest absolute Gasteiger partial charge is 0.0719 e. The lowest BCUT2D eigenvalue weighted by molar-refractivity contribution is 0.208. The van der Waals surface area contributed by atoms with Gasteiger partial charge in [-0.2, -0.15) is 0 Å². The summed E-state index contributed by atoms with van der Waals surface area (Å²) in [6.07, 6.45) is -0.424. The van der Waals surface area contributed by atoms with Crippen LogP contribution in [0.1, 0.15) is 6.92 Å². The zero-order chi connectivity index (χ0) is 9.84. The van der Waals surface area contributed by atoms with Crippen LogP contribution in [-0.2, 0) is 0 Å². The van der Waals surface area contributed by atoms with Gasteiger partial charge in [-0.15, -0.1) is 0 Å². The highest BCUT2D eigenvalue weighted by Crippen LogP contribution is 2.29. The summed E-state index contributed by atoms with van der Waals surface area (Å²) in [5.41, 5.74) is 0.673. The third kappa shape index (κ3) is 3.07. The normalized spacial score (nSPS) is 12.6. The molecule has 0 amide bonds. The minimum Gasteiger partial charge on any atom is -0.392 e. The molecular weight excluding hydrogens is 209 g/mol. The summed E-state index contributed by atoms with van der Waals surface area (Å²) in [4.78, 5) is 0. The first-order valence-electron chi connectivity index (χ1n) is 3.97. The van der Waals surface area contributed by atoms with Gasteiger partial charge in [-0.25, -0.2) is 0 Å². The zero-order valence-corrected chi connectivity index (χ0v) is 8.73. The maximum Gasteiger partial charge on any atom is 0.0719 e. The molecule has 1 rings (SSSR count). The Labute approximate surface area is 87.5 Å². The van der Waals surface area contributed by atoms with Crippen molar-refractivity contribution in [3.63, 3.8) is 0 Å². The van der Waals surface area contributed by atoms with Crippen LogP contribution in [0.25, 0.3) is 0 Å². The summed E-state index contributed by atoms with van der Waals surface area (Å²) in [5, 5.41) is 13.1. The summed E-state index contributed by atoms with van der Waals surface area (Å²) < 4.78 is 0. The highest BCUT2D eigenvalue weighted by Gasteiger charge is 2.04. The van der Waals surface area contributed by atoms with Crippen LogP contribution >= 0.6 is 23.2 Å². The Morgan fingerprint density at radius 3 is 2.38 bits per heavy atom. The van der Waals surface area contributed by atoms with Crippen molar-refractivity contribution >= 4 is 28.9 Å². The Hall–Kier alpha value is -0.440. The van der Waals surface area contributed by atoms with Gasteiger partial charge in [0, 0.05) is 6.54 Å². The second-order valence-corrected chi connectivity index (χ2v) is 3.64. The Kier molecular flexibility index (Phi) is 3.85. The Balaban J connectivity index is 2.75. The lowest BCUT2D eigenvalue weighted by atomic mass is 10.3. The van der Waals surface area contributed by atoms with Crippen molar-refractivity contribution in [1.29, 1.82) is 0 Å².